The highest BCUT2D eigenvalue weighted by Crippen LogP contribution is 2.32. The molecule has 2 rings (SSSR count). The van der Waals surface area contributed by atoms with Crippen molar-refractivity contribution in [2.24, 2.45) is 5.73 Å². The van der Waals surface area contributed by atoms with Crippen LogP contribution in [0.4, 0.5) is 0 Å². The molecular formula is C13H13NO5. The van der Waals surface area contributed by atoms with Gasteiger partial charge in [-0.05, 0) is 19.1 Å². The minimum atomic E-state index is -0.722. The van der Waals surface area contributed by atoms with Crippen molar-refractivity contribution in [3.05, 3.63) is 52.0 Å². The van der Waals surface area contributed by atoms with Gasteiger partial charge in [0, 0.05) is 12.5 Å². The summed E-state index contributed by atoms with van der Waals surface area (Å²) in [7, 11) is 0. The van der Waals surface area contributed by atoms with Crippen molar-refractivity contribution < 1.29 is 18.7 Å². The number of furan rings is 1. The Kier molecular flexibility index (Phi) is 3.41. The average Bonchev–Trinajstić information content (AvgIpc) is 2.84. The number of hydrogen-bond donors (Lipinski definition) is 2. The number of rotatable bonds is 4. The lowest BCUT2D eigenvalue weighted by Gasteiger charge is -2.13. The van der Waals surface area contributed by atoms with E-state index < -0.39 is 23.0 Å². The molecular weight excluding hydrogens is 250 g/mol. The topological polar surface area (TPSA) is 107 Å². The first kappa shape index (κ1) is 12.9. The van der Waals surface area contributed by atoms with E-state index in [1.165, 1.54) is 12.3 Å². The van der Waals surface area contributed by atoms with Crippen LogP contribution < -0.4 is 11.2 Å². The molecule has 0 aliphatic rings. The average molecular weight is 263 g/mol. The molecule has 100 valence electrons. The number of aromatic hydroxyl groups is 1. The van der Waals surface area contributed by atoms with Crippen molar-refractivity contribution >= 4 is 5.91 Å². The molecule has 1 atom stereocenters. The molecule has 0 saturated heterocycles. The molecule has 3 N–H and O–H groups in total. The second-order valence-electron chi connectivity index (χ2n) is 4.17. The second kappa shape index (κ2) is 5.01. The number of aryl methyl sites for hydroxylation is 1. The van der Waals surface area contributed by atoms with Gasteiger partial charge in [0.05, 0.1) is 12.2 Å². The maximum absolute atomic E-state index is 11.6. The zero-order valence-corrected chi connectivity index (χ0v) is 10.3. The highest BCUT2D eigenvalue weighted by molar-refractivity contribution is 5.75. The van der Waals surface area contributed by atoms with E-state index >= 15 is 0 Å². The summed E-state index contributed by atoms with van der Waals surface area (Å²) in [6.45, 7) is 1.58. The maximum atomic E-state index is 11.6. The van der Waals surface area contributed by atoms with Gasteiger partial charge in [-0.1, -0.05) is 0 Å². The Morgan fingerprint density at radius 3 is 2.84 bits per heavy atom. The summed E-state index contributed by atoms with van der Waals surface area (Å²) in [5.74, 6) is -1.14. The highest BCUT2D eigenvalue weighted by atomic mass is 16.4. The van der Waals surface area contributed by atoms with Gasteiger partial charge in [0.15, 0.2) is 5.76 Å². The van der Waals surface area contributed by atoms with Crippen molar-refractivity contribution in [2.75, 3.05) is 0 Å². The molecule has 0 fully saturated rings. The molecule has 0 radical (unpaired) electrons. The molecule has 19 heavy (non-hydrogen) atoms. The summed E-state index contributed by atoms with van der Waals surface area (Å²) in [4.78, 5) is 22.7. The summed E-state index contributed by atoms with van der Waals surface area (Å²) in [5.41, 5.74) is 4.61. The van der Waals surface area contributed by atoms with Crippen LogP contribution in [-0.4, -0.2) is 11.0 Å². The summed E-state index contributed by atoms with van der Waals surface area (Å²) < 4.78 is 10.6. The summed E-state index contributed by atoms with van der Waals surface area (Å²) in [6, 6.07) is 4.42. The Hall–Kier alpha value is -2.50. The molecule has 2 heterocycles. The van der Waals surface area contributed by atoms with Gasteiger partial charge >= 0.3 is 0 Å². The quantitative estimate of drug-likeness (QED) is 0.863. The van der Waals surface area contributed by atoms with Crippen molar-refractivity contribution in [1.29, 1.82) is 0 Å². The fraction of sp³-hybridized carbons (Fsp3) is 0.231. The fourth-order valence-electron chi connectivity index (χ4n) is 1.88. The Balaban J connectivity index is 2.56. The highest BCUT2D eigenvalue weighted by Gasteiger charge is 2.26. The lowest BCUT2D eigenvalue weighted by atomic mass is 9.97. The minimum Gasteiger partial charge on any atom is -0.502 e. The first-order valence-electron chi connectivity index (χ1n) is 5.64. The number of amides is 1. The van der Waals surface area contributed by atoms with E-state index in [1.54, 1.807) is 19.1 Å². The SMILES string of the molecule is Cc1cc(=O)c(O)c([C@H](CC(N)=O)c2ccco2)o1. The van der Waals surface area contributed by atoms with Crippen LogP contribution in [0, 0.1) is 6.92 Å². The van der Waals surface area contributed by atoms with E-state index in [0.29, 0.717) is 11.5 Å². The predicted octanol–water partition coefficient (Wildman–Crippen LogP) is 1.25. The van der Waals surface area contributed by atoms with Gasteiger partial charge in [0.2, 0.25) is 17.1 Å². The molecule has 2 aromatic heterocycles. The second-order valence-corrected chi connectivity index (χ2v) is 4.17. The van der Waals surface area contributed by atoms with E-state index in [0.717, 1.165) is 0 Å². The van der Waals surface area contributed by atoms with Crippen molar-refractivity contribution in [3.63, 3.8) is 0 Å². The Morgan fingerprint density at radius 1 is 1.53 bits per heavy atom. The van der Waals surface area contributed by atoms with Gasteiger partial charge in [-0.25, -0.2) is 0 Å². The molecule has 0 unspecified atom stereocenters. The number of carbonyl (C=O) groups is 1. The molecule has 0 aliphatic carbocycles. The molecule has 0 aliphatic heterocycles. The third-order valence-electron chi connectivity index (χ3n) is 2.68. The third kappa shape index (κ3) is 2.67. The van der Waals surface area contributed by atoms with Crippen LogP contribution in [0.25, 0.3) is 0 Å². The van der Waals surface area contributed by atoms with Crippen molar-refractivity contribution in [1.82, 2.24) is 0 Å². The van der Waals surface area contributed by atoms with Crippen LogP contribution in [0.1, 0.15) is 29.6 Å². The summed E-state index contributed by atoms with van der Waals surface area (Å²) in [6.07, 6.45) is 1.29. The Labute approximate surface area is 108 Å². The molecule has 6 heteroatoms. The third-order valence-corrected chi connectivity index (χ3v) is 2.68. The van der Waals surface area contributed by atoms with Crippen molar-refractivity contribution in [3.8, 4) is 5.75 Å². The smallest absolute Gasteiger partial charge is 0.227 e. The van der Waals surface area contributed by atoms with Gasteiger partial charge in [0.1, 0.15) is 11.5 Å². The molecule has 0 spiro atoms. The zero-order valence-electron chi connectivity index (χ0n) is 10.3. The molecule has 6 nitrogen and oxygen atoms in total. The van der Waals surface area contributed by atoms with Crippen LogP contribution >= 0.6 is 0 Å². The van der Waals surface area contributed by atoms with Gasteiger partial charge in [-0.15, -0.1) is 0 Å². The summed E-state index contributed by atoms with van der Waals surface area (Å²) in [5, 5.41) is 9.80. The van der Waals surface area contributed by atoms with Gasteiger partial charge in [0.25, 0.3) is 0 Å². The lowest BCUT2D eigenvalue weighted by molar-refractivity contribution is -0.118. The Bertz CT molecular complexity index is 642. The molecule has 0 bridgehead atoms. The fourth-order valence-corrected chi connectivity index (χ4v) is 1.88. The maximum Gasteiger partial charge on any atom is 0.227 e. The van der Waals surface area contributed by atoms with E-state index in [9.17, 15) is 14.7 Å². The van der Waals surface area contributed by atoms with E-state index in [2.05, 4.69) is 0 Å². The van der Waals surface area contributed by atoms with Gasteiger partial charge in [-0.2, -0.15) is 0 Å². The van der Waals surface area contributed by atoms with Crippen molar-refractivity contribution in [2.45, 2.75) is 19.3 Å². The normalized spacial score (nSPS) is 12.3. The van der Waals surface area contributed by atoms with Crippen LogP contribution in [0.15, 0.2) is 38.1 Å². The van der Waals surface area contributed by atoms with Crippen LogP contribution in [0.3, 0.4) is 0 Å². The molecule has 1 amide bonds. The summed E-state index contributed by atoms with van der Waals surface area (Å²) >= 11 is 0. The molecule has 0 saturated carbocycles. The monoisotopic (exact) mass is 263 g/mol. The first-order valence-corrected chi connectivity index (χ1v) is 5.64. The molecule has 0 aromatic carbocycles. The number of primary amides is 1. The number of nitrogens with two attached hydrogens (primary N) is 1. The van der Waals surface area contributed by atoms with Gasteiger partial charge < -0.3 is 19.7 Å². The van der Waals surface area contributed by atoms with Gasteiger partial charge in [-0.3, -0.25) is 9.59 Å². The zero-order chi connectivity index (χ0) is 14.0. The Morgan fingerprint density at radius 2 is 2.26 bits per heavy atom. The standard InChI is InChI=1S/C13H13NO5/c1-7-5-9(15)12(17)13(19-7)8(6-11(14)16)10-3-2-4-18-10/h2-5,8,17H,6H2,1H3,(H2,14,16)/t8-/m1/s1. The molecule has 2 aromatic rings. The van der Waals surface area contributed by atoms with Crippen LogP contribution in [-0.2, 0) is 4.79 Å². The van der Waals surface area contributed by atoms with Crippen LogP contribution in [0.5, 0.6) is 5.75 Å². The predicted molar refractivity (Wildman–Crippen MR) is 65.7 cm³/mol. The lowest BCUT2D eigenvalue weighted by Crippen LogP contribution is -2.17. The first-order chi connectivity index (χ1) is 8.99. The van der Waals surface area contributed by atoms with E-state index in [4.69, 9.17) is 14.6 Å². The van der Waals surface area contributed by atoms with E-state index in [1.807, 2.05) is 0 Å². The van der Waals surface area contributed by atoms with E-state index in [-0.39, 0.29) is 12.2 Å². The minimum absolute atomic E-state index is 0.0150. The van der Waals surface area contributed by atoms with Crippen LogP contribution in [0.2, 0.25) is 0 Å². The largest absolute Gasteiger partial charge is 0.502 e. The number of carbonyl (C=O) groups excluding carboxylic acids is 1. The number of hydrogen-bond acceptors (Lipinski definition) is 5.